The Labute approximate surface area is 94.0 Å². The third kappa shape index (κ3) is 2.70. The number of piperidine rings is 1. The molecule has 0 spiro atoms. The van der Waals surface area contributed by atoms with Gasteiger partial charge in [0.25, 0.3) is 5.69 Å². The van der Waals surface area contributed by atoms with Crippen LogP contribution in [0.25, 0.3) is 0 Å². The highest BCUT2D eigenvalue weighted by atomic mass is 16.6. The maximum absolute atomic E-state index is 10.5. The summed E-state index contributed by atoms with van der Waals surface area (Å²) < 4.78 is 0. The Kier molecular flexibility index (Phi) is 3.36. The summed E-state index contributed by atoms with van der Waals surface area (Å²) in [6, 6.07) is 6.99. The van der Waals surface area contributed by atoms with Crippen LogP contribution < -0.4 is 10.6 Å². The van der Waals surface area contributed by atoms with Crippen molar-refractivity contribution in [2.45, 2.75) is 18.9 Å². The highest BCUT2D eigenvalue weighted by Gasteiger charge is 2.12. The highest BCUT2D eigenvalue weighted by Crippen LogP contribution is 2.17. The van der Waals surface area contributed by atoms with Crippen molar-refractivity contribution in [2.24, 2.45) is 0 Å². The van der Waals surface area contributed by atoms with Crippen molar-refractivity contribution < 1.29 is 4.92 Å². The summed E-state index contributed by atoms with van der Waals surface area (Å²) in [5.74, 6) is 0. The van der Waals surface area contributed by atoms with E-state index in [4.69, 9.17) is 0 Å². The zero-order valence-electron chi connectivity index (χ0n) is 8.98. The van der Waals surface area contributed by atoms with Crippen molar-refractivity contribution in [1.29, 1.82) is 0 Å². The third-order valence-corrected chi connectivity index (χ3v) is 2.75. The molecule has 2 N–H and O–H groups in total. The van der Waals surface area contributed by atoms with Crippen LogP contribution in [0.5, 0.6) is 0 Å². The van der Waals surface area contributed by atoms with Crippen LogP contribution in [-0.4, -0.2) is 24.1 Å². The molecule has 1 fully saturated rings. The van der Waals surface area contributed by atoms with Gasteiger partial charge in [0, 0.05) is 30.4 Å². The fourth-order valence-corrected chi connectivity index (χ4v) is 1.89. The average Bonchev–Trinajstić information content (AvgIpc) is 2.31. The molecule has 16 heavy (non-hydrogen) atoms. The number of anilines is 1. The molecule has 1 aromatic carbocycles. The zero-order chi connectivity index (χ0) is 11.4. The van der Waals surface area contributed by atoms with Crippen molar-refractivity contribution in [1.82, 2.24) is 5.32 Å². The second-order valence-corrected chi connectivity index (χ2v) is 3.99. The summed E-state index contributed by atoms with van der Waals surface area (Å²) in [7, 11) is 0. The SMILES string of the molecule is O=[N+]([O-])c1ccc(NC2CCCNC2)cc1. The van der Waals surface area contributed by atoms with Gasteiger partial charge in [-0.25, -0.2) is 0 Å². The summed E-state index contributed by atoms with van der Waals surface area (Å²) in [5.41, 5.74) is 1.08. The van der Waals surface area contributed by atoms with E-state index < -0.39 is 0 Å². The third-order valence-electron chi connectivity index (χ3n) is 2.75. The fraction of sp³-hybridized carbons (Fsp3) is 0.455. The van der Waals surface area contributed by atoms with Crippen molar-refractivity contribution >= 4 is 11.4 Å². The predicted molar refractivity (Wildman–Crippen MR) is 62.6 cm³/mol. The molecule has 0 bridgehead atoms. The van der Waals surface area contributed by atoms with Crippen LogP contribution in [0.2, 0.25) is 0 Å². The maximum atomic E-state index is 10.5. The average molecular weight is 221 g/mol. The number of rotatable bonds is 3. The second kappa shape index (κ2) is 4.94. The van der Waals surface area contributed by atoms with E-state index in [1.54, 1.807) is 12.1 Å². The Morgan fingerprint density at radius 2 is 2.12 bits per heavy atom. The molecule has 1 unspecified atom stereocenters. The van der Waals surface area contributed by atoms with E-state index >= 15 is 0 Å². The van der Waals surface area contributed by atoms with E-state index in [1.165, 1.54) is 18.6 Å². The van der Waals surface area contributed by atoms with E-state index in [0.29, 0.717) is 6.04 Å². The van der Waals surface area contributed by atoms with Crippen LogP contribution in [0.4, 0.5) is 11.4 Å². The van der Waals surface area contributed by atoms with Gasteiger partial charge in [0.05, 0.1) is 4.92 Å². The Morgan fingerprint density at radius 3 is 2.69 bits per heavy atom. The molecule has 86 valence electrons. The van der Waals surface area contributed by atoms with Crippen LogP contribution in [-0.2, 0) is 0 Å². The molecule has 1 aliphatic heterocycles. The smallest absolute Gasteiger partial charge is 0.269 e. The van der Waals surface area contributed by atoms with E-state index in [0.717, 1.165) is 25.2 Å². The van der Waals surface area contributed by atoms with Crippen molar-refractivity contribution in [2.75, 3.05) is 18.4 Å². The molecule has 2 rings (SSSR count). The van der Waals surface area contributed by atoms with Gasteiger partial charge in [-0.1, -0.05) is 0 Å². The normalized spacial score (nSPS) is 20.4. The second-order valence-electron chi connectivity index (χ2n) is 3.99. The molecule has 1 saturated heterocycles. The molecule has 0 aromatic heterocycles. The Balaban J connectivity index is 1.96. The van der Waals surface area contributed by atoms with E-state index in [2.05, 4.69) is 10.6 Å². The molecule has 5 nitrogen and oxygen atoms in total. The maximum Gasteiger partial charge on any atom is 0.269 e. The topological polar surface area (TPSA) is 67.2 Å². The molecule has 1 aliphatic rings. The fourth-order valence-electron chi connectivity index (χ4n) is 1.89. The number of nitro benzene ring substituents is 1. The largest absolute Gasteiger partial charge is 0.381 e. The quantitative estimate of drug-likeness (QED) is 0.603. The number of nitro groups is 1. The first-order valence-corrected chi connectivity index (χ1v) is 5.47. The minimum Gasteiger partial charge on any atom is -0.381 e. The standard InChI is InChI=1S/C11H15N3O2/c15-14(16)11-5-3-9(4-6-11)13-10-2-1-7-12-8-10/h3-6,10,12-13H,1-2,7-8H2. The van der Waals surface area contributed by atoms with Crippen molar-refractivity contribution in [3.05, 3.63) is 34.4 Å². The molecule has 0 aliphatic carbocycles. The van der Waals surface area contributed by atoms with E-state index in [9.17, 15) is 10.1 Å². The zero-order valence-corrected chi connectivity index (χ0v) is 8.98. The molecule has 0 radical (unpaired) electrons. The van der Waals surface area contributed by atoms with Gasteiger partial charge in [0.15, 0.2) is 0 Å². The lowest BCUT2D eigenvalue weighted by atomic mass is 10.1. The molecule has 5 heteroatoms. The summed E-state index contributed by atoms with van der Waals surface area (Å²) >= 11 is 0. The minimum atomic E-state index is -0.383. The van der Waals surface area contributed by atoms with Crippen LogP contribution >= 0.6 is 0 Å². The van der Waals surface area contributed by atoms with Gasteiger partial charge in [-0.2, -0.15) is 0 Å². The summed E-state index contributed by atoms with van der Waals surface area (Å²) in [5, 5.41) is 17.2. The van der Waals surface area contributed by atoms with Gasteiger partial charge in [-0.05, 0) is 31.5 Å². The number of nitrogens with zero attached hydrogens (tertiary/aromatic N) is 1. The first-order valence-electron chi connectivity index (χ1n) is 5.47. The lowest BCUT2D eigenvalue weighted by molar-refractivity contribution is -0.384. The van der Waals surface area contributed by atoms with Gasteiger partial charge < -0.3 is 10.6 Å². The van der Waals surface area contributed by atoms with Crippen molar-refractivity contribution in [3.8, 4) is 0 Å². The first-order chi connectivity index (χ1) is 7.75. The molecular weight excluding hydrogens is 206 g/mol. The number of hydrogen-bond acceptors (Lipinski definition) is 4. The molecule has 0 saturated carbocycles. The Hall–Kier alpha value is -1.62. The lowest BCUT2D eigenvalue weighted by Crippen LogP contribution is -2.38. The minimum absolute atomic E-state index is 0.132. The molecule has 0 amide bonds. The van der Waals surface area contributed by atoms with Crippen LogP contribution in [0.15, 0.2) is 24.3 Å². The first kappa shape index (κ1) is 10.9. The van der Waals surface area contributed by atoms with Gasteiger partial charge in [0.1, 0.15) is 0 Å². The van der Waals surface area contributed by atoms with E-state index in [-0.39, 0.29) is 10.6 Å². The van der Waals surface area contributed by atoms with Crippen LogP contribution in [0.3, 0.4) is 0 Å². The highest BCUT2D eigenvalue weighted by molar-refractivity contribution is 5.49. The Morgan fingerprint density at radius 1 is 1.38 bits per heavy atom. The predicted octanol–water partition coefficient (Wildman–Crippen LogP) is 1.76. The number of benzene rings is 1. The molecular formula is C11H15N3O2. The molecule has 1 aromatic rings. The monoisotopic (exact) mass is 221 g/mol. The number of nitrogens with one attached hydrogen (secondary N) is 2. The summed E-state index contributed by atoms with van der Waals surface area (Å²) in [4.78, 5) is 10.1. The number of hydrogen-bond donors (Lipinski definition) is 2. The van der Waals surface area contributed by atoms with Crippen LogP contribution in [0, 0.1) is 10.1 Å². The summed E-state index contributed by atoms with van der Waals surface area (Å²) in [6.07, 6.45) is 2.31. The number of non-ortho nitro benzene ring substituents is 1. The lowest BCUT2D eigenvalue weighted by Gasteiger charge is -2.24. The Bertz CT molecular complexity index is 358. The van der Waals surface area contributed by atoms with Crippen molar-refractivity contribution in [3.63, 3.8) is 0 Å². The summed E-state index contributed by atoms with van der Waals surface area (Å²) in [6.45, 7) is 2.04. The van der Waals surface area contributed by atoms with Gasteiger partial charge in [-0.3, -0.25) is 10.1 Å². The van der Waals surface area contributed by atoms with E-state index in [1.807, 2.05) is 0 Å². The molecule has 1 atom stereocenters. The van der Waals surface area contributed by atoms with Gasteiger partial charge in [0.2, 0.25) is 0 Å². The van der Waals surface area contributed by atoms with Gasteiger partial charge in [-0.15, -0.1) is 0 Å². The van der Waals surface area contributed by atoms with Crippen LogP contribution in [0.1, 0.15) is 12.8 Å². The molecule has 1 heterocycles. The van der Waals surface area contributed by atoms with Gasteiger partial charge >= 0.3 is 0 Å².